The fraction of sp³-hybridized carbons (Fsp3) is 0.111. The van der Waals surface area contributed by atoms with Gasteiger partial charge in [-0.2, -0.15) is 15.1 Å². The number of carbonyl (C=O) groups excluding carboxylic acids is 1. The molecule has 9 heteroatoms. The van der Waals surface area contributed by atoms with Gasteiger partial charge in [-0.15, -0.1) is 0 Å². The third-order valence-electron chi connectivity index (χ3n) is 5.92. The SMILES string of the molecule is Cc1ccccc1COc1ccc(/C=C2/C(=N)N3N=C(c4ccc5c(c4)OCO5)SC3=NC2=O)cc1. The Hall–Kier alpha value is -4.37. The molecule has 0 aromatic heterocycles. The molecule has 3 aliphatic heterocycles. The molecule has 0 atom stereocenters. The van der Waals surface area contributed by atoms with Gasteiger partial charge in [-0.25, -0.2) is 0 Å². The lowest BCUT2D eigenvalue weighted by Gasteiger charge is -2.20. The number of carbonyl (C=O) groups is 1. The van der Waals surface area contributed by atoms with Gasteiger partial charge >= 0.3 is 0 Å². The Labute approximate surface area is 211 Å². The highest BCUT2D eigenvalue weighted by Gasteiger charge is 2.36. The lowest BCUT2D eigenvalue weighted by molar-refractivity contribution is -0.114. The van der Waals surface area contributed by atoms with Crippen molar-refractivity contribution in [3.8, 4) is 17.2 Å². The second-order valence-electron chi connectivity index (χ2n) is 8.28. The van der Waals surface area contributed by atoms with E-state index in [1.165, 1.54) is 22.3 Å². The van der Waals surface area contributed by atoms with Crippen molar-refractivity contribution in [1.82, 2.24) is 5.01 Å². The lowest BCUT2D eigenvalue weighted by Crippen LogP contribution is -2.35. The average Bonchev–Trinajstić information content (AvgIpc) is 3.53. The van der Waals surface area contributed by atoms with Crippen molar-refractivity contribution in [3.63, 3.8) is 0 Å². The van der Waals surface area contributed by atoms with E-state index in [9.17, 15) is 4.79 Å². The number of thioether (sulfide) groups is 1. The molecule has 3 aromatic carbocycles. The van der Waals surface area contributed by atoms with Gasteiger partial charge in [0.15, 0.2) is 17.3 Å². The van der Waals surface area contributed by atoms with Crippen LogP contribution in [0, 0.1) is 12.3 Å². The Morgan fingerprint density at radius 2 is 1.89 bits per heavy atom. The molecule has 0 fully saturated rings. The minimum Gasteiger partial charge on any atom is -0.489 e. The molecule has 0 saturated carbocycles. The predicted octanol–water partition coefficient (Wildman–Crippen LogP) is 4.97. The van der Waals surface area contributed by atoms with Crippen LogP contribution in [0.25, 0.3) is 6.08 Å². The number of hydrogen-bond donors (Lipinski definition) is 1. The summed E-state index contributed by atoms with van der Waals surface area (Å²) in [5.41, 5.74) is 4.04. The maximum atomic E-state index is 12.8. The predicted molar refractivity (Wildman–Crippen MR) is 139 cm³/mol. The van der Waals surface area contributed by atoms with E-state index in [0.717, 1.165) is 22.4 Å². The summed E-state index contributed by atoms with van der Waals surface area (Å²) >= 11 is 1.24. The van der Waals surface area contributed by atoms with Crippen LogP contribution in [0.1, 0.15) is 22.3 Å². The summed E-state index contributed by atoms with van der Waals surface area (Å²) in [6, 6.07) is 21.0. The van der Waals surface area contributed by atoms with Crippen molar-refractivity contribution in [2.45, 2.75) is 13.5 Å². The molecule has 6 rings (SSSR count). The van der Waals surface area contributed by atoms with Crippen molar-refractivity contribution < 1.29 is 19.0 Å². The van der Waals surface area contributed by atoms with E-state index in [4.69, 9.17) is 19.6 Å². The van der Waals surface area contributed by atoms with Gasteiger partial charge in [-0.1, -0.05) is 36.4 Å². The van der Waals surface area contributed by atoms with E-state index in [1.807, 2.05) is 60.7 Å². The zero-order chi connectivity index (χ0) is 24.6. The normalized spacial score (nSPS) is 17.2. The number of amidine groups is 2. The van der Waals surface area contributed by atoms with Crippen LogP contribution in [-0.2, 0) is 11.4 Å². The fourth-order valence-electron chi connectivity index (χ4n) is 3.90. The molecule has 1 amide bonds. The standard InChI is InChI=1S/C27H20N4O4S/c1-16-4-2-3-5-19(16)14-33-20-9-6-17(7-10-20)12-21-24(28)31-27(29-25(21)32)36-26(30-31)18-8-11-22-23(13-18)35-15-34-22/h2-13,28H,14-15H2,1H3/b21-12-,28-24?. The number of nitrogens with one attached hydrogen (secondary N) is 1. The first-order valence-corrected chi connectivity index (χ1v) is 12.0. The third kappa shape index (κ3) is 4.14. The molecule has 3 aliphatic rings. The van der Waals surface area contributed by atoms with Gasteiger partial charge in [0.2, 0.25) is 12.0 Å². The van der Waals surface area contributed by atoms with Crippen LogP contribution < -0.4 is 14.2 Å². The van der Waals surface area contributed by atoms with Crippen LogP contribution in [0.4, 0.5) is 0 Å². The van der Waals surface area contributed by atoms with Gasteiger partial charge in [0.25, 0.3) is 5.91 Å². The highest BCUT2D eigenvalue weighted by Crippen LogP contribution is 2.36. The summed E-state index contributed by atoms with van der Waals surface area (Å²) in [6.45, 7) is 2.72. The summed E-state index contributed by atoms with van der Waals surface area (Å²) in [7, 11) is 0. The average molecular weight is 497 g/mol. The fourth-order valence-corrected chi connectivity index (χ4v) is 4.79. The topological polar surface area (TPSA) is 96.6 Å². The Balaban J connectivity index is 1.19. The van der Waals surface area contributed by atoms with Gasteiger partial charge in [0.1, 0.15) is 17.4 Å². The van der Waals surface area contributed by atoms with Crippen LogP contribution in [0.2, 0.25) is 0 Å². The van der Waals surface area contributed by atoms with E-state index in [2.05, 4.69) is 23.1 Å². The smallest absolute Gasteiger partial charge is 0.283 e. The largest absolute Gasteiger partial charge is 0.489 e. The van der Waals surface area contributed by atoms with Gasteiger partial charge in [-0.3, -0.25) is 10.2 Å². The maximum absolute atomic E-state index is 12.8. The Bertz CT molecular complexity index is 1490. The zero-order valence-corrected chi connectivity index (χ0v) is 20.0. The van der Waals surface area contributed by atoms with E-state index in [1.54, 1.807) is 6.08 Å². The maximum Gasteiger partial charge on any atom is 0.283 e. The quantitative estimate of drug-likeness (QED) is 0.501. The molecule has 3 heterocycles. The number of hydrogen-bond acceptors (Lipinski definition) is 7. The third-order valence-corrected chi connectivity index (χ3v) is 6.88. The van der Waals surface area contributed by atoms with Crippen LogP contribution in [0.15, 0.2) is 82.4 Å². The Morgan fingerprint density at radius 3 is 2.72 bits per heavy atom. The molecule has 178 valence electrons. The van der Waals surface area contributed by atoms with Crippen molar-refractivity contribution in [1.29, 1.82) is 5.41 Å². The van der Waals surface area contributed by atoms with Crippen molar-refractivity contribution in [3.05, 3.63) is 94.6 Å². The molecular weight excluding hydrogens is 476 g/mol. The number of ether oxygens (including phenoxy) is 3. The van der Waals surface area contributed by atoms with Gasteiger partial charge in [-0.05, 0) is 71.8 Å². The summed E-state index contributed by atoms with van der Waals surface area (Å²) < 4.78 is 16.7. The Kier molecular flexibility index (Phi) is 5.54. The monoisotopic (exact) mass is 496 g/mol. The van der Waals surface area contributed by atoms with Crippen LogP contribution in [-0.4, -0.2) is 33.8 Å². The summed E-state index contributed by atoms with van der Waals surface area (Å²) in [6.07, 6.45) is 1.65. The van der Waals surface area contributed by atoms with Crippen LogP contribution in [0.3, 0.4) is 0 Å². The van der Waals surface area contributed by atoms with E-state index in [-0.39, 0.29) is 18.2 Å². The molecule has 0 radical (unpaired) electrons. The van der Waals surface area contributed by atoms with E-state index < -0.39 is 5.91 Å². The van der Waals surface area contributed by atoms with Crippen molar-refractivity contribution >= 4 is 39.8 Å². The summed E-state index contributed by atoms with van der Waals surface area (Å²) in [5, 5.41) is 15.5. The minimum absolute atomic E-state index is 0.0203. The molecule has 36 heavy (non-hydrogen) atoms. The van der Waals surface area contributed by atoms with E-state index >= 15 is 0 Å². The molecule has 8 nitrogen and oxygen atoms in total. The van der Waals surface area contributed by atoms with Crippen molar-refractivity contribution in [2.24, 2.45) is 10.1 Å². The number of rotatable bonds is 5. The molecule has 0 unspecified atom stereocenters. The number of hydrazone groups is 1. The molecule has 0 saturated heterocycles. The minimum atomic E-state index is -0.472. The number of aryl methyl sites for hydroxylation is 1. The highest BCUT2D eigenvalue weighted by atomic mass is 32.2. The molecular formula is C27H20N4O4S. The van der Waals surface area contributed by atoms with Gasteiger partial charge < -0.3 is 14.2 Å². The van der Waals surface area contributed by atoms with Crippen molar-refractivity contribution in [2.75, 3.05) is 6.79 Å². The van der Waals surface area contributed by atoms with Crippen LogP contribution in [0.5, 0.6) is 17.2 Å². The highest BCUT2D eigenvalue weighted by molar-refractivity contribution is 8.27. The number of amides is 1. The van der Waals surface area contributed by atoms with E-state index in [0.29, 0.717) is 28.3 Å². The molecule has 0 bridgehead atoms. The molecule has 1 N–H and O–H groups in total. The summed E-state index contributed by atoms with van der Waals surface area (Å²) in [4.78, 5) is 16.9. The van der Waals surface area contributed by atoms with Gasteiger partial charge in [0.05, 0.1) is 5.57 Å². The number of nitrogens with zero attached hydrogens (tertiary/aromatic N) is 3. The summed E-state index contributed by atoms with van der Waals surface area (Å²) in [5.74, 6) is 1.55. The first-order chi connectivity index (χ1) is 17.5. The van der Waals surface area contributed by atoms with Crippen LogP contribution >= 0.6 is 11.8 Å². The first kappa shape index (κ1) is 22.1. The molecule has 0 aliphatic carbocycles. The molecule has 0 spiro atoms. The van der Waals surface area contributed by atoms with Gasteiger partial charge in [0, 0.05) is 5.56 Å². The zero-order valence-electron chi connectivity index (χ0n) is 19.2. The Morgan fingerprint density at radius 1 is 1.08 bits per heavy atom. The second-order valence-corrected chi connectivity index (χ2v) is 9.23. The first-order valence-electron chi connectivity index (χ1n) is 11.2. The number of fused-ring (bicyclic) bond motifs is 2. The number of benzene rings is 3. The lowest BCUT2D eigenvalue weighted by atomic mass is 10.1. The number of aliphatic imine (C=N–C) groups is 1. The second kappa shape index (κ2) is 9.01. The molecule has 3 aromatic rings.